The first-order valence-corrected chi connectivity index (χ1v) is 8.29. The second-order valence-corrected chi connectivity index (χ2v) is 6.28. The van der Waals surface area contributed by atoms with Gasteiger partial charge in [-0.3, -0.25) is 13.9 Å². The maximum atomic E-state index is 12.8. The van der Waals surface area contributed by atoms with Crippen molar-refractivity contribution < 1.29 is 24.6 Å². The van der Waals surface area contributed by atoms with Crippen molar-refractivity contribution in [2.45, 2.75) is 38.5 Å². The predicted octanol–water partition coefficient (Wildman–Crippen LogP) is -0.553. The molecule has 1 aromatic carbocycles. The standard InChI is InChI=1S/C17H17N3O7.CH4/c21-8-12-14(23)15(24)16(26-12)19-6-5-13(22)20(17(19)25)7-10-9-3-1-2-4-11(9)27-18-10;/h1-6,12,14-16,21,23-24H,7-8H2;1H4/t12-,14+,15?,16-;/m1./s1. The number of ether oxygens (including phenoxy) is 1. The molecule has 2 aromatic heterocycles. The molecule has 10 nitrogen and oxygen atoms in total. The number of nitrogens with zero attached hydrogens (tertiary/aromatic N) is 3. The molecule has 0 spiro atoms. The fourth-order valence-corrected chi connectivity index (χ4v) is 3.18. The van der Waals surface area contributed by atoms with Crippen molar-refractivity contribution in [3.63, 3.8) is 0 Å². The predicted molar refractivity (Wildman–Crippen MR) is 97.8 cm³/mol. The molecule has 1 aliphatic heterocycles. The fraction of sp³-hybridized carbons (Fsp3) is 0.389. The molecule has 1 unspecified atom stereocenters. The molecule has 28 heavy (non-hydrogen) atoms. The number of rotatable bonds is 4. The van der Waals surface area contributed by atoms with Gasteiger partial charge in [0, 0.05) is 17.6 Å². The highest BCUT2D eigenvalue weighted by molar-refractivity contribution is 5.79. The van der Waals surface area contributed by atoms with E-state index in [2.05, 4.69) is 5.16 Å². The van der Waals surface area contributed by atoms with Crippen LogP contribution in [0.25, 0.3) is 11.0 Å². The Morgan fingerprint density at radius 2 is 1.86 bits per heavy atom. The monoisotopic (exact) mass is 391 g/mol. The molecule has 1 saturated heterocycles. The minimum Gasteiger partial charge on any atom is -0.394 e. The Morgan fingerprint density at radius 3 is 2.57 bits per heavy atom. The SMILES string of the molecule is C.O=c1ccn([C@@H]2O[C@H](CO)[C@H](O)C2O)c(=O)n1Cc1noc2ccccc12. The zero-order chi connectivity index (χ0) is 19.1. The van der Waals surface area contributed by atoms with E-state index >= 15 is 0 Å². The van der Waals surface area contributed by atoms with E-state index in [0.29, 0.717) is 16.7 Å². The third-order valence-electron chi connectivity index (χ3n) is 4.65. The summed E-state index contributed by atoms with van der Waals surface area (Å²) in [4.78, 5) is 25.1. The van der Waals surface area contributed by atoms with Gasteiger partial charge < -0.3 is 24.6 Å². The van der Waals surface area contributed by atoms with Crippen LogP contribution in [-0.2, 0) is 11.3 Å². The Kier molecular flexibility index (Phi) is 5.47. The van der Waals surface area contributed by atoms with Crippen LogP contribution in [-0.4, -0.2) is 54.5 Å². The normalized spacial score (nSPS) is 24.4. The summed E-state index contributed by atoms with van der Waals surface area (Å²) in [7, 11) is 0. The van der Waals surface area contributed by atoms with Gasteiger partial charge in [-0.05, 0) is 12.1 Å². The van der Waals surface area contributed by atoms with Gasteiger partial charge in [0.05, 0.1) is 13.2 Å². The summed E-state index contributed by atoms with van der Waals surface area (Å²) in [5, 5.41) is 33.8. The Labute approximate surface area is 158 Å². The number of fused-ring (bicyclic) bond motifs is 1. The highest BCUT2D eigenvalue weighted by atomic mass is 16.6. The summed E-state index contributed by atoms with van der Waals surface area (Å²) in [5.74, 6) is 0. The van der Waals surface area contributed by atoms with Crippen molar-refractivity contribution in [2.24, 2.45) is 0 Å². The van der Waals surface area contributed by atoms with Crippen molar-refractivity contribution in [1.29, 1.82) is 0 Å². The summed E-state index contributed by atoms with van der Waals surface area (Å²) in [6.45, 7) is -0.654. The molecule has 3 heterocycles. The van der Waals surface area contributed by atoms with Crippen molar-refractivity contribution in [1.82, 2.24) is 14.3 Å². The molecule has 0 saturated carbocycles. The lowest BCUT2D eigenvalue weighted by Crippen LogP contribution is -2.43. The summed E-state index contributed by atoms with van der Waals surface area (Å²) in [5.41, 5.74) is -0.372. The van der Waals surface area contributed by atoms with Gasteiger partial charge in [0.15, 0.2) is 11.8 Å². The number of aromatic nitrogens is 3. The van der Waals surface area contributed by atoms with Crippen LogP contribution in [0.4, 0.5) is 0 Å². The van der Waals surface area contributed by atoms with Crippen LogP contribution in [0.15, 0.2) is 50.6 Å². The number of aliphatic hydroxyl groups excluding tert-OH is 3. The zero-order valence-electron chi connectivity index (χ0n) is 14.0. The van der Waals surface area contributed by atoms with Gasteiger partial charge in [0.1, 0.15) is 24.0 Å². The van der Waals surface area contributed by atoms with Crippen LogP contribution in [0.3, 0.4) is 0 Å². The number of benzene rings is 1. The molecule has 0 aliphatic carbocycles. The Balaban J connectivity index is 0.00000225. The molecule has 0 bridgehead atoms. The van der Waals surface area contributed by atoms with Gasteiger partial charge in [0.25, 0.3) is 5.56 Å². The van der Waals surface area contributed by atoms with Gasteiger partial charge in [-0.1, -0.05) is 24.7 Å². The highest BCUT2D eigenvalue weighted by Crippen LogP contribution is 2.27. The topological polar surface area (TPSA) is 140 Å². The first-order chi connectivity index (χ1) is 13.0. The fourth-order valence-electron chi connectivity index (χ4n) is 3.18. The van der Waals surface area contributed by atoms with Gasteiger partial charge in [0.2, 0.25) is 0 Å². The van der Waals surface area contributed by atoms with E-state index in [1.165, 1.54) is 6.20 Å². The van der Waals surface area contributed by atoms with Crippen molar-refractivity contribution >= 4 is 11.0 Å². The van der Waals surface area contributed by atoms with E-state index in [-0.39, 0.29) is 14.0 Å². The zero-order valence-corrected chi connectivity index (χ0v) is 14.0. The summed E-state index contributed by atoms with van der Waals surface area (Å²) in [6, 6.07) is 8.20. The van der Waals surface area contributed by atoms with E-state index in [1.54, 1.807) is 24.3 Å². The number of hydrogen-bond acceptors (Lipinski definition) is 8. The maximum absolute atomic E-state index is 12.8. The largest absolute Gasteiger partial charge is 0.394 e. The second kappa shape index (κ2) is 7.68. The maximum Gasteiger partial charge on any atom is 0.333 e. The van der Waals surface area contributed by atoms with Crippen LogP contribution in [0.2, 0.25) is 0 Å². The molecule has 4 atom stereocenters. The van der Waals surface area contributed by atoms with Gasteiger partial charge in [-0.2, -0.15) is 0 Å². The van der Waals surface area contributed by atoms with Gasteiger partial charge in [-0.15, -0.1) is 0 Å². The molecule has 4 rings (SSSR count). The quantitative estimate of drug-likeness (QED) is 0.538. The molecule has 1 fully saturated rings. The first-order valence-electron chi connectivity index (χ1n) is 8.29. The molecule has 3 aromatic rings. The molecule has 1 aliphatic rings. The van der Waals surface area contributed by atoms with Crippen molar-refractivity contribution in [3.05, 3.63) is 63.1 Å². The molecule has 0 radical (unpaired) electrons. The molecule has 150 valence electrons. The summed E-state index contributed by atoms with van der Waals surface area (Å²) in [6.07, 6.45) is -3.87. The average molecular weight is 391 g/mol. The summed E-state index contributed by atoms with van der Waals surface area (Å²) >= 11 is 0. The number of para-hydroxylation sites is 1. The van der Waals surface area contributed by atoms with Crippen molar-refractivity contribution in [3.8, 4) is 0 Å². The third-order valence-corrected chi connectivity index (χ3v) is 4.65. The lowest BCUT2D eigenvalue weighted by molar-refractivity contribution is -0.0555. The van der Waals surface area contributed by atoms with Crippen LogP contribution in [0, 0.1) is 0 Å². The van der Waals surface area contributed by atoms with E-state index in [9.17, 15) is 24.9 Å². The number of aliphatic hydroxyl groups is 3. The van der Waals surface area contributed by atoms with Crippen LogP contribution in [0.5, 0.6) is 0 Å². The minimum atomic E-state index is -1.43. The Bertz CT molecular complexity index is 1090. The summed E-state index contributed by atoms with van der Waals surface area (Å²) < 4.78 is 12.5. The van der Waals surface area contributed by atoms with Gasteiger partial charge in [-0.25, -0.2) is 4.79 Å². The molecule has 3 N–H and O–H groups in total. The molecule has 0 amide bonds. The van der Waals surface area contributed by atoms with Crippen molar-refractivity contribution in [2.75, 3.05) is 6.61 Å². The Morgan fingerprint density at radius 1 is 1.11 bits per heavy atom. The van der Waals surface area contributed by atoms with E-state index in [4.69, 9.17) is 9.26 Å². The lowest BCUT2D eigenvalue weighted by atomic mass is 10.1. The molecular weight excluding hydrogens is 370 g/mol. The van der Waals surface area contributed by atoms with E-state index < -0.39 is 42.4 Å². The molecule has 10 heteroatoms. The van der Waals surface area contributed by atoms with E-state index in [1.807, 2.05) is 0 Å². The molecular formula is C18H21N3O7. The number of hydrogen-bond donors (Lipinski definition) is 3. The highest BCUT2D eigenvalue weighted by Gasteiger charge is 2.43. The lowest BCUT2D eigenvalue weighted by Gasteiger charge is -2.18. The smallest absolute Gasteiger partial charge is 0.333 e. The van der Waals surface area contributed by atoms with Crippen LogP contribution < -0.4 is 11.2 Å². The second-order valence-electron chi connectivity index (χ2n) is 6.28. The Hall–Kier alpha value is -2.79. The van der Waals surface area contributed by atoms with Crippen LogP contribution in [0.1, 0.15) is 19.3 Å². The first kappa shape index (κ1) is 20.0. The average Bonchev–Trinajstić information content (AvgIpc) is 3.21. The van der Waals surface area contributed by atoms with Crippen LogP contribution >= 0.6 is 0 Å². The minimum absolute atomic E-state index is 0. The third kappa shape index (κ3) is 3.16. The van der Waals surface area contributed by atoms with Gasteiger partial charge >= 0.3 is 5.69 Å². The van der Waals surface area contributed by atoms with E-state index in [0.717, 1.165) is 15.2 Å².